The Morgan fingerprint density at radius 3 is 1.26 bits per heavy atom. The molecule has 3 aromatic rings. The van der Waals surface area contributed by atoms with Gasteiger partial charge in [0.25, 0.3) is 0 Å². The van der Waals surface area contributed by atoms with E-state index in [1.165, 1.54) is 33.4 Å². The fraction of sp³-hybridized carbons (Fsp3) is 0.185. The van der Waals surface area contributed by atoms with E-state index in [1.807, 2.05) is 0 Å². The highest BCUT2D eigenvalue weighted by Gasteiger charge is 2.42. The maximum atomic E-state index is 2.35. The minimum atomic E-state index is -0.242. The van der Waals surface area contributed by atoms with Gasteiger partial charge in [-0.05, 0) is 37.5 Å². The standard InChI is InChI=1S/C27H26/c1-20-9-6-14-24(17-20)27(23-12-4-5-13-23,25-15-7-10-21(2)18-25)26-16-8-11-22(3)19-26/h4-19,23H,1-3H3. The number of allylic oxidation sites excluding steroid dienone is 4. The molecule has 0 aliphatic heterocycles. The Balaban J connectivity index is 2.11. The predicted octanol–water partition coefficient (Wildman–Crippen LogP) is 6.69. The molecule has 1 aliphatic carbocycles. The lowest BCUT2D eigenvalue weighted by atomic mass is 9.61. The second-order valence-corrected chi connectivity index (χ2v) is 7.71. The lowest BCUT2D eigenvalue weighted by Crippen LogP contribution is -2.36. The molecule has 0 fully saturated rings. The van der Waals surface area contributed by atoms with Gasteiger partial charge in [-0.2, -0.15) is 0 Å². The first-order valence-electron chi connectivity index (χ1n) is 9.67. The van der Waals surface area contributed by atoms with E-state index in [0.717, 1.165) is 0 Å². The van der Waals surface area contributed by atoms with Gasteiger partial charge in [-0.25, -0.2) is 0 Å². The first-order valence-corrected chi connectivity index (χ1v) is 9.67. The minimum Gasteiger partial charge on any atom is -0.0761 e. The molecule has 0 saturated carbocycles. The number of hydrogen-bond acceptors (Lipinski definition) is 0. The van der Waals surface area contributed by atoms with E-state index in [-0.39, 0.29) is 11.3 Å². The third-order valence-corrected chi connectivity index (χ3v) is 5.67. The summed E-state index contributed by atoms with van der Waals surface area (Å²) in [6.45, 7) is 6.54. The number of hydrogen-bond donors (Lipinski definition) is 0. The molecule has 0 unspecified atom stereocenters. The summed E-state index contributed by atoms with van der Waals surface area (Å²) < 4.78 is 0. The summed E-state index contributed by atoms with van der Waals surface area (Å²) in [5, 5.41) is 0. The molecular weight excluding hydrogens is 324 g/mol. The van der Waals surface area contributed by atoms with Crippen LogP contribution in [0.5, 0.6) is 0 Å². The third kappa shape index (κ3) is 3.06. The largest absolute Gasteiger partial charge is 0.0761 e. The van der Waals surface area contributed by atoms with Crippen molar-refractivity contribution < 1.29 is 0 Å². The minimum absolute atomic E-state index is 0.242. The number of benzene rings is 3. The molecule has 27 heavy (non-hydrogen) atoms. The fourth-order valence-corrected chi connectivity index (χ4v) is 4.47. The highest BCUT2D eigenvalue weighted by Crippen LogP contribution is 2.48. The molecule has 134 valence electrons. The smallest absolute Gasteiger partial charge is 0.0548 e. The van der Waals surface area contributed by atoms with Crippen LogP contribution in [0.4, 0.5) is 0 Å². The lowest BCUT2D eigenvalue weighted by molar-refractivity contribution is 0.527. The van der Waals surface area contributed by atoms with E-state index in [2.05, 4.69) is 118 Å². The second kappa shape index (κ2) is 7.04. The van der Waals surface area contributed by atoms with Gasteiger partial charge in [-0.1, -0.05) is 114 Å². The van der Waals surface area contributed by atoms with Crippen LogP contribution in [-0.2, 0) is 5.41 Å². The average molecular weight is 351 g/mol. The fourth-order valence-electron chi connectivity index (χ4n) is 4.47. The molecule has 0 heterocycles. The van der Waals surface area contributed by atoms with Crippen LogP contribution < -0.4 is 0 Å². The Morgan fingerprint density at radius 1 is 0.556 bits per heavy atom. The predicted molar refractivity (Wildman–Crippen MR) is 115 cm³/mol. The van der Waals surface area contributed by atoms with E-state index < -0.39 is 0 Å². The second-order valence-electron chi connectivity index (χ2n) is 7.71. The molecule has 1 aliphatic rings. The van der Waals surface area contributed by atoms with Gasteiger partial charge in [-0.15, -0.1) is 0 Å². The molecule has 0 aromatic heterocycles. The highest BCUT2D eigenvalue weighted by atomic mass is 14.4. The topological polar surface area (TPSA) is 0 Å². The third-order valence-electron chi connectivity index (χ3n) is 5.67. The van der Waals surface area contributed by atoms with Gasteiger partial charge in [0, 0.05) is 5.92 Å². The molecule has 0 nitrogen and oxygen atoms in total. The summed E-state index contributed by atoms with van der Waals surface area (Å²) in [7, 11) is 0. The summed E-state index contributed by atoms with van der Waals surface area (Å²) in [6.07, 6.45) is 9.04. The monoisotopic (exact) mass is 350 g/mol. The van der Waals surface area contributed by atoms with Crippen molar-refractivity contribution in [2.24, 2.45) is 5.92 Å². The van der Waals surface area contributed by atoms with E-state index in [1.54, 1.807) is 0 Å². The van der Waals surface area contributed by atoms with E-state index in [4.69, 9.17) is 0 Å². The van der Waals surface area contributed by atoms with Crippen LogP contribution in [-0.4, -0.2) is 0 Å². The molecule has 0 heteroatoms. The molecule has 0 atom stereocenters. The van der Waals surface area contributed by atoms with Crippen molar-refractivity contribution in [2.45, 2.75) is 26.2 Å². The van der Waals surface area contributed by atoms with Crippen molar-refractivity contribution in [2.75, 3.05) is 0 Å². The maximum Gasteiger partial charge on any atom is 0.0548 e. The Hall–Kier alpha value is -2.86. The van der Waals surface area contributed by atoms with Crippen molar-refractivity contribution >= 4 is 0 Å². The summed E-state index contributed by atoms with van der Waals surface area (Å²) in [5.74, 6) is 0.280. The van der Waals surface area contributed by atoms with Crippen LogP contribution >= 0.6 is 0 Å². The Bertz CT molecular complexity index is 897. The Kier molecular flexibility index (Phi) is 4.58. The van der Waals surface area contributed by atoms with Gasteiger partial charge in [0.2, 0.25) is 0 Å². The zero-order chi connectivity index (χ0) is 18.9. The van der Waals surface area contributed by atoms with E-state index in [0.29, 0.717) is 0 Å². The molecule has 0 amide bonds. The zero-order valence-corrected chi connectivity index (χ0v) is 16.3. The van der Waals surface area contributed by atoms with E-state index in [9.17, 15) is 0 Å². The summed E-state index contributed by atoms with van der Waals surface area (Å²) in [4.78, 5) is 0. The van der Waals surface area contributed by atoms with Crippen molar-refractivity contribution in [3.63, 3.8) is 0 Å². The quantitative estimate of drug-likeness (QED) is 0.460. The van der Waals surface area contributed by atoms with Gasteiger partial charge in [0.15, 0.2) is 0 Å². The van der Waals surface area contributed by atoms with Crippen LogP contribution in [0.25, 0.3) is 0 Å². The molecule has 0 saturated heterocycles. The van der Waals surface area contributed by atoms with Crippen molar-refractivity contribution in [3.05, 3.63) is 130 Å². The molecule has 0 radical (unpaired) electrons. The average Bonchev–Trinajstić information content (AvgIpc) is 3.18. The number of aryl methyl sites for hydroxylation is 3. The summed E-state index contributed by atoms with van der Waals surface area (Å²) in [6, 6.07) is 27.0. The maximum absolute atomic E-state index is 2.35. The first-order chi connectivity index (χ1) is 13.1. The highest BCUT2D eigenvalue weighted by molar-refractivity contribution is 5.56. The molecule has 0 spiro atoms. The van der Waals surface area contributed by atoms with Gasteiger partial charge < -0.3 is 0 Å². The summed E-state index contributed by atoms with van der Waals surface area (Å²) in [5.41, 5.74) is 7.68. The number of rotatable bonds is 4. The van der Waals surface area contributed by atoms with Crippen LogP contribution in [0.3, 0.4) is 0 Å². The Labute approximate surface area is 162 Å². The van der Waals surface area contributed by atoms with Crippen LogP contribution in [0.1, 0.15) is 33.4 Å². The van der Waals surface area contributed by atoms with Gasteiger partial charge in [0.05, 0.1) is 5.41 Å². The first kappa shape index (κ1) is 17.5. The Morgan fingerprint density at radius 2 is 0.926 bits per heavy atom. The molecule has 0 N–H and O–H groups in total. The summed E-state index contributed by atoms with van der Waals surface area (Å²) >= 11 is 0. The van der Waals surface area contributed by atoms with Crippen molar-refractivity contribution in [3.8, 4) is 0 Å². The molecule has 0 bridgehead atoms. The van der Waals surface area contributed by atoms with Crippen LogP contribution in [0.15, 0.2) is 97.1 Å². The van der Waals surface area contributed by atoms with Gasteiger partial charge >= 0.3 is 0 Å². The lowest BCUT2D eigenvalue weighted by Gasteiger charge is -2.40. The van der Waals surface area contributed by atoms with Crippen molar-refractivity contribution in [1.29, 1.82) is 0 Å². The SMILES string of the molecule is Cc1cccc(C(c2cccc(C)c2)(c2cccc(C)c2)C2C=CC=C2)c1. The van der Waals surface area contributed by atoms with Crippen LogP contribution in [0.2, 0.25) is 0 Å². The molecular formula is C27H26. The van der Waals surface area contributed by atoms with E-state index >= 15 is 0 Å². The zero-order valence-electron chi connectivity index (χ0n) is 16.3. The van der Waals surface area contributed by atoms with Gasteiger partial charge in [-0.3, -0.25) is 0 Å². The van der Waals surface area contributed by atoms with Gasteiger partial charge in [0.1, 0.15) is 0 Å². The normalized spacial score (nSPS) is 14.0. The molecule has 4 rings (SSSR count). The van der Waals surface area contributed by atoms with Crippen LogP contribution in [0, 0.1) is 26.7 Å². The molecule has 3 aromatic carbocycles. The van der Waals surface area contributed by atoms with Crippen molar-refractivity contribution in [1.82, 2.24) is 0 Å².